The summed E-state index contributed by atoms with van der Waals surface area (Å²) in [6.45, 7) is 14.3. The lowest BCUT2D eigenvalue weighted by Gasteiger charge is -2.30. The number of rotatable bonds is 9. The average molecular weight is 260 g/mol. The summed E-state index contributed by atoms with van der Waals surface area (Å²) >= 11 is 0. The minimum absolute atomic E-state index is 0.0438. The molecule has 2 nitrogen and oxygen atoms in total. The fourth-order valence-electron chi connectivity index (χ4n) is 2.48. The Morgan fingerprint density at radius 2 is 1.63 bits per heavy atom. The molecule has 0 aromatic heterocycles. The van der Waals surface area contributed by atoms with Crippen LogP contribution in [0.25, 0.3) is 0 Å². The molecular weight excluding hydrogens is 232 g/mol. The fourth-order valence-corrected chi connectivity index (χ4v) is 2.48. The van der Waals surface area contributed by atoms with Crippen molar-refractivity contribution in [3.63, 3.8) is 0 Å². The SMILES string of the molecule is C=C/C(=C\C=C(/C=C)C(C)(CCC)CCC)C(=N)N. The molecular formula is C17H28N2. The van der Waals surface area contributed by atoms with E-state index >= 15 is 0 Å². The third-order valence-electron chi connectivity index (χ3n) is 3.49. The molecule has 0 aromatic carbocycles. The number of hydrogen-bond donors (Lipinski definition) is 2. The van der Waals surface area contributed by atoms with E-state index in [2.05, 4.69) is 33.9 Å². The normalized spacial score (nSPS) is 13.2. The number of hydrogen-bond acceptors (Lipinski definition) is 1. The Morgan fingerprint density at radius 1 is 1.11 bits per heavy atom. The van der Waals surface area contributed by atoms with Crippen LogP contribution in [0.3, 0.4) is 0 Å². The van der Waals surface area contributed by atoms with Crippen LogP contribution in [-0.4, -0.2) is 5.84 Å². The molecule has 3 N–H and O–H groups in total. The van der Waals surface area contributed by atoms with Crippen LogP contribution in [-0.2, 0) is 0 Å². The molecule has 0 aliphatic heterocycles. The van der Waals surface area contributed by atoms with Crippen LogP contribution >= 0.6 is 0 Å². The maximum atomic E-state index is 7.45. The van der Waals surface area contributed by atoms with Crippen molar-refractivity contribution in [3.8, 4) is 0 Å². The second kappa shape index (κ2) is 8.52. The van der Waals surface area contributed by atoms with E-state index in [0.717, 1.165) is 25.7 Å². The van der Waals surface area contributed by atoms with E-state index < -0.39 is 0 Å². The monoisotopic (exact) mass is 260 g/mol. The molecule has 0 radical (unpaired) electrons. The number of nitrogens with two attached hydrogens (primary N) is 1. The Labute approximate surface area is 118 Å². The Morgan fingerprint density at radius 3 is 1.95 bits per heavy atom. The van der Waals surface area contributed by atoms with Gasteiger partial charge in [-0.2, -0.15) is 0 Å². The van der Waals surface area contributed by atoms with Crippen molar-refractivity contribution in [1.29, 1.82) is 5.41 Å². The van der Waals surface area contributed by atoms with Gasteiger partial charge in [-0.1, -0.05) is 71.1 Å². The summed E-state index contributed by atoms with van der Waals surface area (Å²) < 4.78 is 0. The van der Waals surface area contributed by atoms with E-state index in [4.69, 9.17) is 11.1 Å². The Kier molecular flexibility index (Phi) is 7.81. The van der Waals surface area contributed by atoms with Gasteiger partial charge >= 0.3 is 0 Å². The topological polar surface area (TPSA) is 49.9 Å². The zero-order valence-electron chi connectivity index (χ0n) is 12.6. The second-order valence-electron chi connectivity index (χ2n) is 5.13. The van der Waals surface area contributed by atoms with E-state index in [9.17, 15) is 0 Å². The van der Waals surface area contributed by atoms with E-state index in [1.807, 2.05) is 18.2 Å². The molecule has 0 saturated carbocycles. The highest BCUT2D eigenvalue weighted by Gasteiger charge is 2.24. The fraction of sp³-hybridized carbons (Fsp3) is 0.471. The Hall–Kier alpha value is -1.57. The lowest BCUT2D eigenvalue weighted by Crippen LogP contribution is -2.18. The van der Waals surface area contributed by atoms with Gasteiger partial charge in [0.2, 0.25) is 0 Å². The highest BCUT2D eigenvalue weighted by atomic mass is 14.7. The van der Waals surface area contributed by atoms with Crippen LogP contribution in [0.2, 0.25) is 0 Å². The number of nitrogens with one attached hydrogen (secondary N) is 1. The summed E-state index contributed by atoms with van der Waals surface area (Å²) in [7, 11) is 0. The van der Waals surface area contributed by atoms with Crippen LogP contribution in [0.15, 0.2) is 48.6 Å². The lowest BCUT2D eigenvalue weighted by atomic mass is 9.74. The largest absolute Gasteiger partial charge is 0.384 e. The summed E-state index contributed by atoms with van der Waals surface area (Å²) in [6.07, 6.45) is 12.0. The first kappa shape index (κ1) is 17.4. The molecule has 2 heteroatoms. The molecule has 0 heterocycles. The first-order chi connectivity index (χ1) is 8.95. The summed E-state index contributed by atoms with van der Waals surface area (Å²) in [5, 5.41) is 7.45. The average Bonchev–Trinajstić information content (AvgIpc) is 2.34. The standard InChI is InChI=1S/C17H28N2/c1-6-12-17(5,13-7-2)15(9-4)11-10-14(8-3)16(18)19/h8-11H,3-4,6-7,12-13H2,1-2,5H3,(H3,18,19)/b14-10+,15-11+. The predicted octanol–water partition coefficient (Wildman–Crippen LogP) is 4.75. The van der Waals surface area contributed by atoms with Gasteiger partial charge in [-0.15, -0.1) is 0 Å². The third kappa shape index (κ3) is 5.29. The van der Waals surface area contributed by atoms with Crippen LogP contribution < -0.4 is 5.73 Å². The molecule has 0 aliphatic rings. The summed E-state index contributed by atoms with van der Waals surface area (Å²) in [5.74, 6) is 0.0438. The maximum Gasteiger partial charge on any atom is 0.122 e. The zero-order valence-corrected chi connectivity index (χ0v) is 12.6. The van der Waals surface area contributed by atoms with Crippen LogP contribution in [0.1, 0.15) is 46.5 Å². The van der Waals surface area contributed by atoms with E-state index in [-0.39, 0.29) is 11.3 Å². The zero-order chi connectivity index (χ0) is 14.9. The summed E-state index contributed by atoms with van der Waals surface area (Å²) in [4.78, 5) is 0. The van der Waals surface area contributed by atoms with Crippen molar-refractivity contribution >= 4 is 5.84 Å². The van der Waals surface area contributed by atoms with E-state index in [0.29, 0.717) is 5.57 Å². The highest BCUT2D eigenvalue weighted by Crippen LogP contribution is 2.37. The molecule has 0 bridgehead atoms. The van der Waals surface area contributed by atoms with Gasteiger partial charge in [0.15, 0.2) is 0 Å². The number of allylic oxidation sites excluding steroid dienone is 4. The predicted molar refractivity (Wildman–Crippen MR) is 86.4 cm³/mol. The lowest BCUT2D eigenvalue weighted by molar-refractivity contribution is 0.336. The first-order valence-corrected chi connectivity index (χ1v) is 6.96. The van der Waals surface area contributed by atoms with Crippen LogP contribution in [0, 0.1) is 10.8 Å². The van der Waals surface area contributed by atoms with Crippen molar-refractivity contribution in [2.45, 2.75) is 46.5 Å². The minimum atomic E-state index is 0.0438. The molecule has 0 atom stereocenters. The van der Waals surface area contributed by atoms with Gasteiger partial charge in [-0.3, -0.25) is 5.41 Å². The van der Waals surface area contributed by atoms with Crippen LogP contribution in [0.4, 0.5) is 0 Å². The minimum Gasteiger partial charge on any atom is -0.384 e. The van der Waals surface area contributed by atoms with Crippen molar-refractivity contribution in [2.75, 3.05) is 0 Å². The maximum absolute atomic E-state index is 7.45. The highest BCUT2D eigenvalue weighted by molar-refractivity contribution is 5.97. The van der Waals surface area contributed by atoms with Gasteiger partial charge in [-0.25, -0.2) is 0 Å². The quantitative estimate of drug-likeness (QED) is 0.351. The molecule has 0 fully saturated rings. The Bertz CT molecular complexity index is 380. The first-order valence-electron chi connectivity index (χ1n) is 6.96. The second-order valence-corrected chi connectivity index (χ2v) is 5.13. The molecule has 0 aromatic rings. The van der Waals surface area contributed by atoms with Crippen molar-refractivity contribution in [1.82, 2.24) is 0 Å². The van der Waals surface area contributed by atoms with Crippen LogP contribution in [0.5, 0.6) is 0 Å². The number of amidine groups is 1. The molecule has 0 spiro atoms. The summed E-state index contributed by atoms with van der Waals surface area (Å²) in [5.41, 5.74) is 7.49. The molecule has 0 aliphatic carbocycles. The molecule has 0 unspecified atom stereocenters. The van der Waals surface area contributed by atoms with Crippen molar-refractivity contribution in [2.24, 2.45) is 11.1 Å². The van der Waals surface area contributed by atoms with Gasteiger partial charge in [0.25, 0.3) is 0 Å². The van der Waals surface area contributed by atoms with Crippen molar-refractivity contribution < 1.29 is 0 Å². The van der Waals surface area contributed by atoms with E-state index in [1.165, 1.54) is 5.57 Å². The molecule has 0 amide bonds. The van der Waals surface area contributed by atoms with Gasteiger partial charge < -0.3 is 5.73 Å². The third-order valence-corrected chi connectivity index (χ3v) is 3.49. The Balaban J connectivity index is 5.42. The molecule has 0 rings (SSSR count). The van der Waals surface area contributed by atoms with Gasteiger partial charge in [0.1, 0.15) is 5.84 Å². The van der Waals surface area contributed by atoms with Gasteiger partial charge in [-0.05, 0) is 23.8 Å². The smallest absolute Gasteiger partial charge is 0.122 e. The van der Waals surface area contributed by atoms with Crippen molar-refractivity contribution in [3.05, 3.63) is 48.6 Å². The molecule has 106 valence electrons. The molecule has 0 saturated heterocycles. The molecule has 19 heavy (non-hydrogen) atoms. The van der Waals surface area contributed by atoms with Gasteiger partial charge in [0, 0.05) is 5.57 Å². The van der Waals surface area contributed by atoms with E-state index in [1.54, 1.807) is 6.08 Å². The summed E-state index contributed by atoms with van der Waals surface area (Å²) in [6, 6.07) is 0. The van der Waals surface area contributed by atoms with Gasteiger partial charge in [0.05, 0.1) is 0 Å².